The summed E-state index contributed by atoms with van der Waals surface area (Å²) in [5, 5.41) is 7.21. The van der Waals surface area contributed by atoms with Crippen molar-refractivity contribution in [2.24, 2.45) is 7.05 Å². The normalized spacial score (nSPS) is 10.9. The molecule has 0 atom stereocenters. The fourth-order valence-corrected chi connectivity index (χ4v) is 1.81. The van der Waals surface area contributed by atoms with Gasteiger partial charge in [0.15, 0.2) is 0 Å². The zero-order valence-electron chi connectivity index (χ0n) is 11.5. The summed E-state index contributed by atoms with van der Waals surface area (Å²) in [7, 11) is 1.79. The van der Waals surface area contributed by atoms with Gasteiger partial charge in [-0.3, -0.25) is 9.48 Å². The van der Waals surface area contributed by atoms with E-state index >= 15 is 0 Å². The molecule has 0 spiro atoms. The second-order valence-electron chi connectivity index (χ2n) is 4.82. The lowest BCUT2D eigenvalue weighted by molar-refractivity contribution is 0.0944. The van der Waals surface area contributed by atoms with Crippen molar-refractivity contribution in [3.8, 4) is 0 Å². The minimum Gasteiger partial charge on any atom is -0.350 e. The highest BCUT2D eigenvalue weighted by Gasteiger charge is 2.14. The van der Waals surface area contributed by atoms with Gasteiger partial charge in [-0.05, 0) is 12.0 Å². The molecule has 6 heteroatoms. The van der Waals surface area contributed by atoms with Crippen LogP contribution in [0, 0.1) is 0 Å². The molecule has 102 valence electrons. The molecule has 2 N–H and O–H groups in total. The van der Waals surface area contributed by atoms with Crippen molar-refractivity contribution in [2.75, 3.05) is 6.54 Å². The minimum absolute atomic E-state index is 0.0959. The fourth-order valence-electron chi connectivity index (χ4n) is 1.81. The third-order valence-electron chi connectivity index (χ3n) is 2.96. The van der Waals surface area contributed by atoms with E-state index in [2.05, 4.69) is 34.2 Å². The number of carbonyl (C=O) groups excluding carboxylic acids is 1. The lowest BCUT2D eigenvalue weighted by Gasteiger charge is -2.03. The molecule has 2 aromatic heterocycles. The molecule has 0 aliphatic rings. The monoisotopic (exact) mass is 261 g/mol. The first kappa shape index (κ1) is 13.3. The highest BCUT2D eigenvalue weighted by molar-refractivity contribution is 5.92. The molecule has 0 aliphatic carbocycles. The topological polar surface area (TPSA) is 75.6 Å². The quantitative estimate of drug-likeness (QED) is 0.850. The summed E-state index contributed by atoms with van der Waals surface area (Å²) in [5.74, 6) is 0.221. The molecular weight excluding hydrogens is 242 g/mol. The molecule has 0 bridgehead atoms. The highest BCUT2D eigenvalue weighted by Crippen LogP contribution is 2.13. The second-order valence-corrected chi connectivity index (χ2v) is 4.82. The molecule has 0 saturated heterocycles. The van der Waals surface area contributed by atoms with Gasteiger partial charge in [0.2, 0.25) is 0 Å². The van der Waals surface area contributed by atoms with Gasteiger partial charge in [0.1, 0.15) is 5.69 Å². The predicted octanol–water partition coefficient (Wildman–Crippen LogP) is 1.24. The predicted molar refractivity (Wildman–Crippen MR) is 71.9 cm³/mol. The number of imidazole rings is 1. The molecule has 1 amide bonds. The van der Waals surface area contributed by atoms with Crippen molar-refractivity contribution >= 4 is 5.91 Å². The largest absolute Gasteiger partial charge is 0.350 e. The summed E-state index contributed by atoms with van der Waals surface area (Å²) in [6.07, 6.45) is 4.13. The molecule has 2 aromatic rings. The van der Waals surface area contributed by atoms with Crippen molar-refractivity contribution < 1.29 is 4.79 Å². The Hall–Kier alpha value is -2.11. The van der Waals surface area contributed by atoms with Crippen molar-refractivity contribution in [3.05, 3.63) is 35.7 Å². The molecule has 2 rings (SSSR count). The third kappa shape index (κ3) is 3.21. The lowest BCUT2D eigenvalue weighted by atomic mass is 10.1. The summed E-state index contributed by atoms with van der Waals surface area (Å²) < 4.78 is 1.63. The zero-order chi connectivity index (χ0) is 13.8. The van der Waals surface area contributed by atoms with E-state index in [1.165, 1.54) is 0 Å². The van der Waals surface area contributed by atoms with Gasteiger partial charge in [-0.25, -0.2) is 4.98 Å². The van der Waals surface area contributed by atoms with E-state index in [1.54, 1.807) is 24.3 Å². The molecule has 0 aliphatic heterocycles. The maximum Gasteiger partial charge on any atom is 0.269 e. The number of nitrogens with zero attached hydrogens (tertiary/aromatic N) is 3. The molecule has 0 aromatic carbocycles. The SMILES string of the molecule is CC(C)c1cc(C(=O)NCCc2cnc[nH]2)n(C)n1. The van der Waals surface area contributed by atoms with E-state index < -0.39 is 0 Å². The Bertz CT molecular complexity index is 541. The van der Waals surface area contributed by atoms with Gasteiger partial charge >= 0.3 is 0 Å². The Kier molecular flexibility index (Phi) is 3.99. The van der Waals surface area contributed by atoms with E-state index in [0.29, 0.717) is 18.2 Å². The Morgan fingerprint density at radius 3 is 2.89 bits per heavy atom. The summed E-state index contributed by atoms with van der Waals surface area (Å²) in [6, 6.07) is 1.84. The summed E-state index contributed by atoms with van der Waals surface area (Å²) in [5.41, 5.74) is 2.53. The van der Waals surface area contributed by atoms with Crippen LogP contribution in [0.5, 0.6) is 0 Å². The number of hydrogen-bond donors (Lipinski definition) is 2. The first-order valence-electron chi connectivity index (χ1n) is 6.37. The van der Waals surface area contributed by atoms with Crippen molar-refractivity contribution in [3.63, 3.8) is 0 Å². The fraction of sp³-hybridized carbons (Fsp3) is 0.462. The van der Waals surface area contributed by atoms with Gasteiger partial charge in [0.25, 0.3) is 5.91 Å². The molecule has 0 radical (unpaired) electrons. The van der Waals surface area contributed by atoms with Crippen LogP contribution in [0.25, 0.3) is 0 Å². The Balaban J connectivity index is 1.92. The van der Waals surface area contributed by atoms with Crippen LogP contribution in [-0.4, -0.2) is 32.2 Å². The van der Waals surface area contributed by atoms with Crippen LogP contribution in [0.3, 0.4) is 0 Å². The molecule has 6 nitrogen and oxygen atoms in total. The second kappa shape index (κ2) is 5.69. The van der Waals surface area contributed by atoms with Crippen molar-refractivity contribution in [2.45, 2.75) is 26.2 Å². The average Bonchev–Trinajstić information content (AvgIpc) is 2.98. The van der Waals surface area contributed by atoms with Crippen molar-refractivity contribution in [1.82, 2.24) is 25.1 Å². The van der Waals surface area contributed by atoms with Gasteiger partial charge in [0.05, 0.1) is 12.0 Å². The number of aryl methyl sites for hydroxylation is 1. The molecule has 19 heavy (non-hydrogen) atoms. The summed E-state index contributed by atoms with van der Waals surface area (Å²) in [4.78, 5) is 19.0. The van der Waals surface area contributed by atoms with Crippen LogP contribution in [0.4, 0.5) is 0 Å². The highest BCUT2D eigenvalue weighted by atomic mass is 16.2. The van der Waals surface area contributed by atoms with Gasteiger partial charge in [0, 0.05) is 31.9 Å². The summed E-state index contributed by atoms with van der Waals surface area (Å²) >= 11 is 0. The Morgan fingerprint density at radius 2 is 2.32 bits per heavy atom. The lowest BCUT2D eigenvalue weighted by Crippen LogP contribution is -2.27. The Morgan fingerprint density at radius 1 is 1.53 bits per heavy atom. The van der Waals surface area contributed by atoms with Crippen LogP contribution < -0.4 is 5.32 Å². The smallest absolute Gasteiger partial charge is 0.269 e. The van der Waals surface area contributed by atoms with E-state index in [4.69, 9.17) is 0 Å². The van der Waals surface area contributed by atoms with E-state index in [1.807, 2.05) is 6.07 Å². The molecular formula is C13H19N5O. The third-order valence-corrected chi connectivity index (χ3v) is 2.96. The van der Waals surface area contributed by atoms with E-state index in [0.717, 1.165) is 17.8 Å². The number of aromatic amines is 1. The van der Waals surface area contributed by atoms with Gasteiger partial charge in [-0.2, -0.15) is 5.10 Å². The van der Waals surface area contributed by atoms with Crippen LogP contribution in [0.2, 0.25) is 0 Å². The zero-order valence-corrected chi connectivity index (χ0v) is 11.5. The van der Waals surface area contributed by atoms with Gasteiger partial charge in [-0.1, -0.05) is 13.8 Å². The number of carbonyl (C=O) groups is 1. The van der Waals surface area contributed by atoms with Crippen molar-refractivity contribution in [1.29, 1.82) is 0 Å². The number of hydrogen-bond acceptors (Lipinski definition) is 3. The molecule has 2 heterocycles. The number of nitrogens with one attached hydrogen (secondary N) is 2. The number of amides is 1. The molecule has 0 fully saturated rings. The number of aromatic nitrogens is 4. The minimum atomic E-state index is -0.0959. The number of H-pyrrole nitrogens is 1. The maximum absolute atomic E-state index is 12.0. The van der Waals surface area contributed by atoms with Crippen LogP contribution in [0.1, 0.15) is 41.6 Å². The Labute approximate surface area is 112 Å². The average molecular weight is 261 g/mol. The van der Waals surface area contributed by atoms with Gasteiger partial charge < -0.3 is 10.3 Å². The molecule has 0 saturated carbocycles. The van der Waals surface area contributed by atoms with Crippen LogP contribution in [-0.2, 0) is 13.5 Å². The van der Waals surface area contributed by atoms with Gasteiger partial charge in [-0.15, -0.1) is 0 Å². The van der Waals surface area contributed by atoms with Crippen LogP contribution >= 0.6 is 0 Å². The summed E-state index contributed by atoms with van der Waals surface area (Å²) in [6.45, 7) is 4.69. The van der Waals surface area contributed by atoms with Crippen LogP contribution in [0.15, 0.2) is 18.6 Å². The van der Waals surface area contributed by atoms with E-state index in [9.17, 15) is 4.79 Å². The van der Waals surface area contributed by atoms with E-state index in [-0.39, 0.29) is 5.91 Å². The standard InChI is InChI=1S/C13H19N5O/c1-9(2)11-6-12(18(3)17-11)13(19)15-5-4-10-7-14-8-16-10/h6-9H,4-5H2,1-3H3,(H,14,16)(H,15,19). The number of rotatable bonds is 5. The maximum atomic E-state index is 12.0. The molecule has 0 unspecified atom stereocenters. The first-order valence-corrected chi connectivity index (χ1v) is 6.37. The first-order chi connectivity index (χ1) is 9.08.